The van der Waals surface area contributed by atoms with Gasteiger partial charge in [-0.15, -0.1) is 0 Å². The third-order valence-electron chi connectivity index (χ3n) is 4.78. The minimum absolute atomic E-state index is 0.365. The molecular formula is C22H38O4. The molecule has 0 aliphatic carbocycles. The van der Waals surface area contributed by atoms with Crippen molar-refractivity contribution < 1.29 is 19.8 Å². The van der Waals surface area contributed by atoms with E-state index in [-0.39, 0.29) is 0 Å². The number of hydrogen-bond acceptors (Lipinski definition) is 2. The van der Waals surface area contributed by atoms with Gasteiger partial charge in [-0.05, 0) is 44.9 Å². The molecule has 0 radical (unpaired) electrons. The molecule has 0 aliphatic heterocycles. The zero-order valence-electron chi connectivity index (χ0n) is 16.7. The first-order chi connectivity index (χ1) is 12.5. The van der Waals surface area contributed by atoms with Gasteiger partial charge < -0.3 is 10.2 Å². The predicted molar refractivity (Wildman–Crippen MR) is 107 cm³/mol. The van der Waals surface area contributed by atoms with Gasteiger partial charge in [0.05, 0.1) is 11.8 Å². The lowest BCUT2D eigenvalue weighted by Crippen LogP contribution is -2.29. The average Bonchev–Trinajstić information content (AvgIpc) is 2.60. The van der Waals surface area contributed by atoms with Crippen molar-refractivity contribution in [2.75, 3.05) is 0 Å². The van der Waals surface area contributed by atoms with Crippen molar-refractivity contribution in [3.8, 4) is 0 Å². The number of carboxylic acids is 2. The molecule has 0 aromatic carbocycles. The molecule has 0 aliphatic rings. The smallest absolute Gasteiger partial charge is 0.307 e. The predicted octanol–water partition coefficient (Wildman–Crippen LogP) is 6.22. The molecule has 0 amide bonds. The maximum absolute atomic E-state index is 11.3. The number of unbranched alkanes of at least 4 members (excludes halogenated alkanes) is 7. The maximum Gasteiger partial charge on any atom is 0.307 e. The minimum Gasteiger partial charge on any atom is -0.481 e. The lowest BCUT2D eigenvalue weighted by molar-refractivity contribution is -0.154. The Labute approximate surface area is 159 Å². The van der Waals surface area contributed by atoms with Crippen molar-refractivity contribution in [2.24, 2.45) is 11.8 Å². The Bertz CT molecular complexity index is 426. The highest BCUT2D eigenvalue weighted by Crippen LogP contribution is 2.23. The van der Waals surface area contributed by atoms with Gasteiger partial charge in [0, 0.05) is 0 Å². The average molecular weight is 367 g/mol. The van der Waals surface area contributed by atoms with Gasteiger partial charge in [0.1, 0.15) is 0 Å². The summed E-state index contributed by atoms with van der Waals surface area (Å²) in [5, 5.41) is 18.4. The van der Waals surface area contributed by atoms with Gasteiger partial charge in [0.2, 0.25) is 0 Å². The highest BCUT2D eigenvalue weighted by atomic mass is 16.4. The van der Waals surface area contributed by atoms with E-state index >= 15 is 0 Å². The van der Waals surface area contributed by atoms with Crippen LogP contribution in [0.4, 0.5) is 0 Å². The SMILES string of the molecule is CCCCC/C=C\C/C=C\CCCCCCC(C(=O)O)C(CC)C(=O)O. The van der Waals surface area contributed by atoms with Crippen molar-refractivity contribution in [2.45, 2.75) is 90.9 Å². The molecule has 0 bridgehead atoms. The summed E-state index contributed by atoms with van der Waals surface area (Å²) in [4.78, 5) is 22.4. The number of hydrogen-bond donors (Lipinski definition) is 2. The van der Waals surface area contributed by atoms with Gasteiger partial charge in [-0.1, -0.05) is 70.3 Å². The molecule has 150 valence electrons. The molecule has 2 N–H and O–H groups in total. The number of rotatable bonds is 17. The van der Waals surface area contributed by atoms with Crippen molar-refractivity contribution in [1.82, 2.24) is 0 Å². The second-order valence-corrected chi connectivity index (χ2v) is 6.96. The van der Waals surface area contributed by atoms with Gasteiger partial charge in [-0.25, -0.2) is 0 Å². The van der Waals surface area contributed by atoms with Gasteiger partial charge in [0.15, 0.2) is 0 Å². The Morgan fingerprint density at radius 3 is 1.77 bits per heavy atom. The Morgan fingerprint density at radius 1 is 0.731 bits per heavy atom. The number of carboxylic acid groups (broad SMARTS) is 2. The van der Waals surface area contributed by atoms with Gasteiger partial charge in [-0.3, -0.25) is 9.59 Å². The zero-order valence-corrected chi connectivity index (χ0v) is 16.7. The fourth-order valence-electron chi connectivity index (χ4n) is 3.13. The Morgan fingerprint density at radius 2 is 1.27 bits per heavy atom. The second kappa shape index (κ2) is 16.9. The Hall–Kier alpha value is -1.58. The molecule has 0 aromatic rings. The van der Waals surface area contributed by atoms with E-state index in [0.717, 1.165) is 38.5 Å². The van der Waals surface area contributed by atoms with Crippen LogP contribution in [0.3, 0.4) is 0 Å². The van der Waals surface area contributed by atoms with E-state index in [9.17, 15) is 14.7 Å². The summed E-state index contributed by atoms with van der Waals surface area (Å²) in [5.41, 5.74) is 0. The van der Waals surface area contributed by atoms with Gasteiger partial charge >= 0.3 is 11.9 Å². The van der Waals surface area contributed by atoms with E-state index in [2.05, 4.69) is 31.2 Å². The highest BCUT2D eigenvalue weighted by Gasteiger charge is 2.31. The molecule has 0 saturated heterocycles. The quantitative estimate of drug-likeness (QED) is 0.237. The van der Waals surface area contributed by atoms with Crippen LogP contribution in [-0.2, 0) is 9.59 Å². The molecule has 4 heteroatoms. The number of aliphatic carboxylic acids is 2. The third kappa shape index (κ3) is 12.7. The maximum atomic E-state index is 11.3. The van der Waals surface area contributed by atoms with E-state index in [0.29, 0.717) is 12.8 Å². The molecule has 2 atom stereocenters. The highest BCUT2D eigenvalue weighted by molar-refractivity contribution is 5.79. The Balaban J connectivity index is 3.74. The van der Waals surface area contributed by atoms with Crippen LogP contribution in [0, 0.1) is 11.8 Å². The minimum atomic E-state index is -0.996. The fraction of sp³-hybridized carbons (Fsp3) is 0.727. The van der Waals surface area contributed by atoms with Crippen LogP contribution >= 0.6 is 0 Å². The molecule has 0 spiro atoms. The van der Waals surface area contributed by atoms with Crippen LogP contribution in [0.5, 0.6) is 0 Å². The van der Waals surface area contributed by atoms with Crippen LogP contribution in [0.1, 0.15) is 90.9 Å². The van der Waals surface area contributed by atoms with Crippen LogP contribution in [0.15, 0.2) is 24.3 Å². The molecule has 0 rings (SSSR count). The summed E-state index contributed by atoms with van der Waals surface area (Å²) in [6.07, 6.45) is 20.7. The summed E-state index contributed by atoms with van der Waals surface area (Å²) in [7, 11) is 0. The Kier molecular flexibility index (Phi) is 15.8. The molecule has 0 heterocycles. The molecular weight excluding hydrogens is 328 g/mol. The second-order valence-electron chi connectivity index (χ2n) is 6.96. The zero-order chi connectivity index (χ0) is 19.6. The van der Waals surface area contributed by atoms with E-state index in [1.54, 1.807) is 6.92 Å². The molecule has 0 aromatic heterocycles. The summed E-state index contributed by atoms with van der Waals surface area (Å²) < 4.78 is 0. The standard InChI is InChI=1S/C22H38O4/c1-3-5-6-7-8-9-10-11-12-13-14-15-16-17-18-20(22(25)26)19(4-2)21(23)24/h8-9,11-12,19-20H,3-7,10,13-18H2,1-2H3,(H,23,24)(H,25,26)/b9-8-,12-11-. The van der Waals surface area contributed by atoms with E-state index < -0.39 is 23.8 Å². The van der Waals surface area contributed by atoms with E-state index in [4.69, 9.17) is 5.11 Å². The molecule has 26 heavy (non-hydrogen) atoms. The molecule has 0 saturated carbocycles. The summed E-state index contributed by atoms with van der Waals surface area (Å²) >= 11 is 0. The van der Waals surface area contributed by atoms with Gasteiger partial charge in [-0.2, -0.15) is 0 Å². The van der Waals surface area contributed by atoms with Crippen LogP contribution < -0.4 is 0 Å². The molecule has 4 nitrogen and oxygen atoms in total. The summed E-state index contributed by atoms with van der Waals surface area (Å²) in [5.74, 6) is -3.51. The molecule has 0 fully saturated rings. The first-order valence-electron chi connectivity index (χ1n) is 10.3. The summed E-state index contributed by atoms with van der Waals surface area (Å²) in [6, 6.07) is 0. The van der Waals surface area contributed by atoms with Crippen molar-refractivity contribution in [3.05, 3.63) is 24.3 Å². The largest absolute Gasteiger partial charge is 0.481 e. The molecule has 2 unspecified atom stereocenters. The monoisotopic (exact) mass is 366 g/mol. The lowest BCUT2D eigenvalue weighted by Gasteiger charge is -2.18. The topological polar surface area (TPSA) is 74.6 Å². The van der Waals surface area contributed by atoms with Crippen molar-refractivity contribution in [1.29, 1.82) is 0 Å². The first-order valence-corrected chi connectivity index (χ1v) is 10.3. The van der Waals surface area contributed by atoms with E-state index in [1.807, 2.05) is 0 Å². The van der Waals surface area contributed by atoms with E-state index in [1.165, 1.54) is 25.7 Å². The normalized spacial score (nSPS) is 14.1. The van der Waals surface area contributed by atoms with Crippen molar-refractivity contribution in [3.63, 3.8) is 0 Å². The van der Waals surface area contributed by atoms with Gasteiger partial charge in [0.25, 0.3) is 0 Å². The fourth-order valence-corrected chi connectivity index (χ4v) is 3.13. The van der Waals surface area contributed by atoms with Crippen LogP contribution in [0.2, 0.25) is 0 Å². The lowest BCUT2D eigenvalue weighted by atomic mass is 9.86. The van der Waals surface area contributed by atoms with Crippen LogP contribution in [0.25, 0.3) is 0 Å². The number of carbonyl (C=O) groups is 2. The first kappa shape index (κ1) is 24.4. The van der Waals surface area contributed by atoms with Crippen LogP contribution in [-0.4, -0.2) is 22.2 Å². The number of allylic oxidation sites excluding steroid dienone is 4. The van der Waals surface area contributed by atoms with Crippen molar-refractivity contribution >= 4 is 11.9 Å². The summed E-state index contributed by atoms with van der Waals surface area (Å²) in [6.45, 7) is 3.95. The third-order valence-corrected chi connectivity index (χ3v) is 4.78.